The summed E-state index contributed by atoms with van der Waals surface area (Å²) in [6.45, 7) is 1.68. The molecule has 1 nitrogen and oxygen atoms in total. The topological polar surface area (TPSA) is 17.1 Å². The van der Waals surface area contributed by atoms with Gasteiger partial charge in [0, 0.05) is 5.92 Å². The summed E-state index contributed by atoms with van der Waals surface area (Å²) in [5.74, 6) is -2.22. The van der Waals surface area contributed by atoms with Crippen LogP contribution in [0.25, 0.3) is 0 Å². The summed E-state index contributed by atoms with van der Waals surface area (Å²) in [7, 11) is 0. The molecule has 1 unspecified atom stereocenters. The Kier molecular flexibility index (Phi) is 3.51. The minimum absolute atomic E-state index is 0.202. The fourth-order valence-corrected chi connectivity index (χ4v) is 1.81. The average molecular weight is 246 g/mol. The molecule has 92 valence electrons. The van der Waals surface area contributed by atoms with Crippen LogP contribution in [0.3, 0.4) is 0 Å². The lowest BCUT2D eigenvalue weighted by Gasteiger charge is -2.11. The van der Waals surface area contributed by atoms with Crippen LogP contribution < -0.4 is 0 Å². The molecule has 0 radical (unpaired) electrons. The van der Waals surface area contributed by atoms with E-state index in [9.17, 15) is 13.6 Å². The second-order valence-corrected chi connectivity index (χ2v) is 4.12. The van der Waals surface area contributed by atoms with Crippen molar-refractivity contribution in [2.75, 3.05) is 0 Å². The van der Waals surface area contributed by atoms with E-state index >= 15 is 0 Å². The minimum Gasteiger partial charge on any atom is -0.293 e. The number of hydrogen-bond donors (Lipinski definition) is 0. The highest BCUT2D eigenvalue weighted by molar-refractivity contribution is 6.00. The first-order valence-electron chi connectivity index (χ1n) is 5.64. The fourth-order valence-electron chi connectivity index (χ4n) is 1.81. The molecule has 0 amide bonds. The fraction of sp³-hybridized carbons (Fsp3) is 0.133. The third-order valence-corrected chi connectivity index (χ3v) is 2.89. The Morgan fingerprint density at radius 2 is 1.72 bits per heavy atom. The predicted octanol–water partition coefficient (Wildman–Crippen LogP) is 3.95. The molecule has 0 heterocycles. The van der Waals surface area contributed by atoms with Gasteiger partial charge in [0.05, 0.1) is 5.56 Å². The van der Waals surface area contributed by atoms with E-state index in [1.165, 1.54) is 0 Å². The molecule has 0 aromatic heterocycles. The number of benzene rings is 2. The molecule has 2 rings (SSSR count). The van der Waals surface area contributed by atoms with Crippen molar-refractivity contribution in [1.29, 1.82) is 0 Å². The highest BCUT2D eigenvalue weighted by Crippen LogP contribution is 2.22. The number of ketones is 1. The van der Waals surface area contributed by atoms with Crippen LogP contribution in [0.5, 0.6) is 0 Å². The van der Waals surface area contributed by atoms with E-state index in [1.54, 1.807) is 31.2 Å². The Morgan fingerprint density at radius 1 is 1.06 bits per heavy atom. The predicted molar refractivity (Wildman–Crippen MR) is 65.5 cm³/mol. The molecule has 0 aliphatic carbocycles. The van der Waals surface area contributed by atoms with Crippen molar-refractivity contribution < 1.29 is 13.6 Å². The Bertz CT molecular complexity index is 564. The van der Waals surface area contributed by atoms with Crippen LogP contribution in [0.1, 0.15) is 28.8 Å². The Hall–Kier alpha value is -2.03. The normalized spacial score (nSPS) is 12.2. The van der Waals surface area contributed by atoms with E-state index < -0.39 is 23.3 Å². The first kappa shape index (κ1) is 12.4. The van der Waals surface area contributed by atoms with Gasteiger partial charge in [0.15, 0.2) is 5.78 Å². The summed E-state index contributed by atoms with van der Waals surface area (Å²) in [5.41, 5.74) is 0.581. The van der Waals surface area contributed by atoms with Gasteiger partial charge in [-0.3, -0.25) is 4.79 Å². The van der Waals surface area contributed by atoms with E-state index in [0.717, 1.165) is 23.8 Å². The monoisotopic (exact) mass is 246 g/mol. The van der Waals surface area contributed by atoms with Crippen LogP contribution in [0.15, 0.2) is 48.5 Å². The largest absolute Gasteiger partial charge is 0.293 e. The van der Waals surface area contributed by atoms with Crippen molar-refractivity contribution in [3.63, 3.8) is 0 Å². The van der Waals surface area contributed by atoms with Gasteiger partial charge in [-0.25, -0.2) is 8.78 Å². The summed E-state index contributed by atoms with van der Waals surface area (Å²) in [4.78, 5) is 12.1. The van der Waals surface area contributed by atoms with E-state index in [2.05, 4.69) is 0 Å². The molecule has 0 bridgehead atoms. The van der Waals surface area contributed by atoms with Crippen molar-refractivity contribution >= 4 is 5.78 Å². The molecule has 0 saturated carbocycles. The first-order valence-corrected chi connectivity index (χ1v) is 5.64. The quantitative estimate of drug-likeness (QED) is 0.749. The minimum atomic E-state index is -0.691. The summed E-state index contributed by atoms with van der Waals surface area (Å²) >= 11 is 0. The second-order valence-electron chi connectivity index (χ2n) is 4.12. The number of rotatable bonds is 3. The first-order chi connectivity index (χ1) is 8.59. The van der Waals surface area contributed by atoms with E-state index in [0.29, 0.717) is 0 Å². The van der Waals surface area contributed by atoms with Gasteiger partial charge in [-0.2, -0.15) is 0 Å². The molecule has 0 aliphatic heterocycles. The molecule has 2 aromatic carbocycles. The lowest BCUT2D eigenvalue weighted by molar-refractivity contribution is 0.0961. The van der Waals surface area contributed by atoms with Gasteiger partial charge in [-0.05, 0) is 23.8 Å². The lowest BCUT2D eigenvalue weighted by atomic mass is 9.92. The van der Waals surface area contributed by atoms with Gasteiger partial charge in [0.25, 0.3) is 0 Å². The number of halogens is 2. The van der Waals surface area contributed by atoms with Crippen LogP contribution in [0.2, 0.25) is 0 Å². The molecule has 18 heavy (non-hydrogen) atoms. The van der Waals surface area contributed by atoms with Crippen LogP contribution in [0, 0.1) is 11.6 Å². The van der Waals surface area contributed by atoms with Gasteiger partial charge in [-0.1, -0.05) is 37.3 Å². The second kappa shape index (κ2) is 5.08. The highest BCUT2D eigenvalue weighted by atomic mass is 19.1. The molecule has 0 N–H and O–H groups in total. The highest BCUT2D eigenvalue weighted by Gasteiger charge is 2.20. The maximum atomic E-state index is 13.5. The summed E-state index contributed by atoms with van der Waals surface area (Å²) in [6, 6.07) is 11.9. The van der Waals surface area contributed by atoms with Crippen molar-refractivity contribution in [2.24, 2.45) is 0 Å². The number of carbonyl (C=O) groups is 1. The Balaban J connectivity index is 2.34. The van der Waals surface area contributed by atoms with Crippen LogP contribution in [0.4, 0.5) is 8.78 Å². The average Bonchev–Trinajstić information content (AvgIpc) is 2.41. The number of Topliss-reactive ketones (excluding diaryl/α,β-unsaturated/α-hetero) is 1. The molecular weight excluding hydrogens is 234 g/mol. The molecule has 0 spiro atoms. The van der Waals surface area contributed by atoms with Crippen molar-refractivity contribution in [3.8, 4) is 0 Å². The van der Waals surface area contributed by atoms with E-state index in [-0.39, 0.29) is 5.56 Å². The molecule has 2 aromatic rings. The Labute approximate surface area is 104 Å². The zero-order valence-corrected chi connectivity index (χ0v) is 9.86. The summed E-state index contributed by atoms with van der Waals surface area (Å²) in [5, 5.41) is 0. The third kappa shape index (κ3) is 2.45. The standard InChI is InChI=1S/C15H12F2O/c1-10(11-5-3-2-4-6-11)15(18)13-9-12(16)7-8-14(13)17/h2-10H,1H3. The summed E-state index contributed by atoms with van der Waals surface area (Å²) < 4.78 is 26.6. The van der Waals surface area contributed by atoms with Crippen LogP contribution >= 0.6 is 0 Å². The van der Waals surface area contributed by atoms with Gasteiger partial charge in [0.2, 0.25) is 0 Å². The zero-order valence-electron chi connectivity index (χ0n) is 9.86. The summed E-state index contributed by atoms with van der Waals surface area (Å²) in [6.07, 6.45) is 0. The van der Waals surface area contributed by atoms with E-state index in [4.69, 9.17) is 0 Å². The van der Waals surface area contributed by atoms with Crippen molar-refractivity contribution in [1.82, 2.24) is 0 Å². The molecule has 0 saturated heterocycles. The zero-order chi connectivity index (χ0) is 13.1. The molecule has 3 heteroatoms. The van der Waals surface area contributed by atoms with Crippen LogP contribution in [-0.2, 0) is 0 Å². The molecule has 0 fully saturated rings. The SMILES string of the molecule is CC(C(=O)c1cc(F)ccc1F)c1ccccc1. The number of hydrogen-bond acceptors (Lipinski definition) is 1. The van der Waals surface area contributed by atoms with Gasteiger partial charge >= 0.3 is 0 Å². The lowest BCUT2D eigenvalue weighted by Crippen LogP contribution is -2.11. The number of carbonyl (C=O) groups excluding carboxylic acids is 1. The Morgan fingerprint density at radius 3 is 2.39 bits per heavy atom. The molecular formula is C15H12F2O. The maximum absolute atomic E-state index is 13.5. The molecule has 1 atom stereocenters. The molecule has 0 aliphatic rings. The maximum Gasteiger partial charge on any atom is 0.173 e. The van der Waals surface area contributed by atoms with Crippen LogP contribution in [-0.4, -0.2) is 5.78 Å². The van der Waals surface area contributed by atoms with Gasteiger partial charge in [-0.15, -0.1) is 0 Å². The van der Waals surface area contributed by atoms with E-state index in [1.807, 2.05) is 6.07 Å². The van der Waals surface area contributed by atoms with Gasteiger partial charge in [0.1, 0.15) is 11.6 Å². The smallest absolute Gasteiger partial charge is 0.173 e. The van der Waals surface area contributed by atoms with Crippen molar-refractivity contribution in [3.05, 3.63) is 71.3 Å². The third-order valence-electron chi connectivity index (χ3n) is 2.89. The van der Waals surface area contributed by atoms with Crippen molar-refractivity contribution in [2.45, 2.75) is 12.8 Å². The van der Waals surface area contributed by atoms with Gasteiger partial charge < -0.3 is 0 Å².